The van der Waals surface area contributed by atoms with Gasteiger partial charge in [-0.2, -0.15) is 10.1 Å². The van der Waals surface area contributed by atoms with Crippen molar-refractivity contribution >= 4 is 23.3 Å². The molecule has 0 atom stereocenters. The molecule has 9 heteroatoms. The number of H-pyrrole nitrogens is 1. The van der Waals surface area contributed by atoms with Gasteiger partial charge in [-0.25, -0.2) is 14.6 Å². The Balaban J connectivity index is 2.00. The number of halogens is 1. The normalized spacial score (nSPS) is 11.7. The summed E-state index contributed by atoms with van der Waals surface area (Å²) in [5, 5.41) is 4.13. The minimum absolute atomic E-state index is 0.284. The molecule has 0 spiro atoms. The van der Waals surface area contributed by atoms with Crippen LogP contribution in [0.15, 0.2) is 39.0 Å². The van der Waals surface area contributed by atoms with Crippen molar-refractivity contribution in [1.82, 2.24) is 19.1 Å². The number of benzene rings is 1. The van der Waals surface area contributed by atoms with E-state index in [-0.39, 0.29) is 11.5 Å². The van der Waals surface area contributed by atoms with Crippen molar-refractivity contribution < 1.29 is 4.39 Å². The van der Waals surface area contributed by atoms with Gasteiger partial charge in [-0.1, -0.05) is 26.0 Å². The van der Waals surface area contributed by atoms with E-state index in [1.807, 2.05) is 0 Å². The summed E-state index contributed by atoms with van der Waals surface area (Å²) in [6, 6.07) is 5.87. The Bertz CT molecular complexity index is 1090. The molecule has 0 aliphatic rings. The Kier molecular flexibility index (Phi) is 5.20. The molecular weight excluding hydrogens is 351 g/mol. The lowest BCUT2D eigenvalue weighted by Crippen LogP contribution is -2.29. The quantitative estimate of drug-likeness (QED) is 0.511. The minimum Gasteiger partial charge on any atom is -0.303 e. The number of nitrogens with zero attached hydrogens (tertiary/aromatic N) is 4. The van der Waals surface area contributed by atoms with Crippen molar-refractivity contribution in [3.63, 3.8) is 0 Å². The van der Waals surface area contributed by atoms with Crippen LogP contribution in [-0.2, 0) is 13.6 Å². The molecule has 2 N–H and O–H groups in total. The number of anilines is 1. The lowest BCUT2D eigenvalue weighted by molar-refractivity contribution is 0.524. The summed E-state index contributed by atoms with van der Waals surface area (Å²) >= 11 is 0. The van der Waals surface area contributed by atoms with Crippen molar-refractivity contribution in [3.8, 4) is 0 Å². The van der Waals surface area contributed by atoms with Crippen LogP contribution >= 0.6 is 0 Å². The van der Waals surface area contributed by atoms with Gasteiger partial charge >= 0.3 is 5.69 Å². The maximum atomic E-state index is 13.0. The molecule has 0 amide bonds. The molecule has 2 heterocycles. The number of fused-ring (bicyclic) bond motifs is 1. The van der Waals surface area contributed by atoms with Gasteiger partial charge in [-0.15, -0.1) is 0 Å². The van der Waals surface area contributed by atoms with Crippen LogP contribution in [0.25, 0.3) is 11.2 Å². The van der Waals surface area contributed by atoms with E-state index in [9.17, 15) is 14.0 Å². The largest absolute Gasteiger partial charge is 0.329 e. The molecule has 27 heavy (non-hydrogen) atoms. The van der Waals surface area contributed by atoms with Crippen molar-refractivity contribution in [3.05, 3.63) is 56.5 Å². The number of hydrazone groups is 1. The monoisotopic (exact) mass is 372 g/mol. The van der Waals surface area contributed by atoms with Crippen LogP contribution < -0.4 is 16.7 Å². The summed E-state index contributed by atoms with van der Waals surface area (Å²) in [5.41, 5.74) is 3.12. The topological polar surface area (TPSA) is 97.1 Å². The Morgan fingerprint density at radius 3 is 2.67 bits per heavy atom. The number of aromatic amines is 1. The maximum Gasteiger partial charge on any atom is 0.329 e. The molecule has 1 aromatic carbocycles. The smallest absolute Gasteiger partial charge is 0.303 e. The molecule has 142 valence electrons. The summed E-state index contributed by atoms with van der Waals surface area (Å²) in [5.74, 6) is 0.455. The molecule has 0 radical (unpaired) electrons. The van der Waals surface area contributed by atoms with E-state index >= 15 is 0 Å². The van der Waals surface area contributed by atoms with Crippen LogP contribution in [0.4, 0.5) is 10.3 Å². The van der Waals surface area contributed by atoms with Gasteiger partial charge in [0.25, 0.3) is 5.56 Å². The van der Waals surface area contributed by atoms with E-state index < -0.39 is 11.2 Å². The number of hydrogen-bond donors (Lipinski definition) is 2. The zero-order chi connectivity index (χ0) is 19.6. The molecule has 0 fully saturated rings. The van der Waals surface area contributed by atoms with Crippen LogP contribution in [0, 0.1) is 11.7 Å². The molecular formula is C18H21FN6O2. The Morgan fingerprint density at radius 2 is 2.00 bits per heavy atom. The van der Waals surface area contributed by atoms with Crippen molar-refractivity contribution in [2.24, 2.45) is 18.1 Å². The van der Waals surface area contributed by atoms with E-state index in [4.69, 9.17) is 0 Å². The van der Waals surface area contributed by atoms with Gasteiger partial charge in [0.15, 0.2) is 11.2 Å². The maximum absolute atomic E-state index is 13.0. The van der Waals surface area contributed by atoms with Gasteiger partial charge in [-0.05, 0) is 30.0 Å². The molecule has 0 unspecified atom stereocenters. The van der Waals surface area contributed by atoms with Gasteiger partial charge in [-0.3, -0.25) is 14.3 Å². The molecule has 2 aromatic heterocycles. The summed E-state index contributed by atoms with van der Waals surface area (Å²) in [4.78, 5) is 30.8. The molecule has 0 saturated carbocycles. The second-order valence-corrected chi connectivity index (χ2v) is 6.68. The molecule has 0 bridgehead atoms. The third-order valence-electron chi connectivity index (χ3n) is 4.19. The lowest BCUT2D eigenvalue weighted by Gasteiger charge is -2.09. The zero-order valence-electron chi connectivity index (χ0n) is 15.4. The number of hydrogen-bond acceptors (Lipinski definition) is 5. The zero-order valence-corrected chi connectivity index (χ0v) is 15.4. The van der Waals surface area contributed by atoms with E-state index in [0.717, 1.165) is 6.42 Å². The molecule has 0 aliphatic carbocycles. The first-order chi connectivity index (χ1) is 12.9. The summed E-state index contributed by atoms with van der Waals surface area (Å²) in [7, 11) is 1.55. The first-order valence-electron chi connectivity index (χ1n) is 8.61. The van der Waals surface area contributed by atoms with Crippen molar-refractivity contribution in [1.29, 1.82) is 0 Å². The second-order valence-electron chi connectivity index (χ2n) is 6.68. The van der Waals surface area contributed by atoms with Crippen molar-refractivity contribution in [2.75, 3.05) is 5.43 Å². The van der Waals surface area contributed by atoms with E-state index in [1.165, 1.54) is 22.9 Å². The third kappa shape index (κ3) is 3.97. The van der Waals surface area contributed by atoms with Gasteiger partial charge in [0.2, 0.25) is 5.95 Å². The van der Waals surface area contributed by atoms with Crippen LogP contribution in [-0.4, -0.2) is 25.3 Å². The highest BCUT2D eigenvalue weighted by Gasteiger charge is 2.17. The predicted octanol–water partition coefficient (Wildman–Crippen LogP) is 2.05. The highest BCUT2D eigenvalue weighted by Crippen LogP contribution is 2.17. The Hall–Kier alpha value is -3.23. The van der Waals surface area contributed by atoms with Crippen LogP contribution in [0.3, 0.4) is 0 Å². The number of rotatable bonds is 6. The number of aromatic nitrogens is 4. The average molecular weight is 372 g/mol. The first-order valence-corrected chi connectivity index (χ1v) is 8.61. The fourth-order valence-corrected chi connectivity index (χ4v) is 2.64. The predicted molar refractivity (Wildman–Crippen MR) is 103 cm³/mol. The van der Waals surface area contributed by atoms with Gasteiger partial charge in [0.05, 0.1) is 6.21 Å². The standard InChI is InChI=1S/C18H21FN6O2/c1-11(2)8-9-25-14-15(24(3)18(27)22-16(14)26)21-17(25)23-20-10-12-4-6-13(19)7-5-12/h4-7,10-11H,8-9H2,1-3H3,(H,21,23)(H,22,26,27)/b20-10+. The van der Waals surface area contributed by atoms with Gasteiger partial charge < -0.3 is 4.57 Å². The summed E-state index contributed by atoms with van der Waals surface area (Å²) in [6.07, 6.45) is 2.35. The molecule has 3 rings (SSSR count). The van der Waals surface area contributed by atoms with E-state index in [1.54, 1.807) is 23.7 Å². The summed E-state index contributed by atoms with van der Waals surface area (Å²) in [6.45, 7) is 4.71. The Labute approximate surface area is 154 Å². The summed E-state index contributed by atoms with van der Waals surface area (Å²) < 4.78 is 16.0. The molecule has 3 aromatic rings. The average Bonchev–Trinajstić information content (AvgIpc) is 2.99. The first kappa shape index (κ1) is 18.6. The number of nitrogens with one attached hydrogen (secondary N) is 2. The number of aryl methyl sites for hydroxylation is 2. The molecule has 8 nitrogen and oxygen atoms in total. The molecule has 0 saturated heterocycles. The van der Waals surface area contributed by atoms with Gasteiger partial charge in [0.1, 0.15) is 5.82 Å². The Morgan fingerprint density at radius 1 is 1.30 bits per heavy atom. The fraction of sp³-hybridized carbons (Fsp3) is 0.333. The molecule has 0 aliphatic heterocycles. The van der Waals surface area contributed by atoms with Crippen LogP contribution in [0.5, 0.6) is 0 Å². The van der Waals surface area contributed by atoms with Gasteiger partial charge in [0, 0.05) is 13.6 Å². The SMILES string of the molecule is CC(C)CCn1c(N/N=C/c2ccc(F)cc2)nc2c1c(=O)[nH]c(=O)n2C. The minimum atomic E-state index is -0.526. The highest BCUT2D eigenvalue weighted by atomic mass is 19.1. The van der Waals surface area contributed by atoms with Crippen molar-refractivity contribution in [2.45, 2.75) is 26.8 Å². The second kappa shape index (κ2) is 7.56. The number of imidazole rings is 1. The lowest BCUT2D eigenvalue weighted by atomic mass is 10.1. The van der Waals surface area contributed by atoms with E-state index in [0.29, 0.717) is 29.5 Å². The van der Waals surface area contributed by atoms with E-state index in [2.05, 4.69) is 34.3 Å². The fourth-order valence-electron chi connectivity index (χ4n) is 2.64. The third-order valence-corrected chi connectivity index (χ3v) is 4.19. The highest BCUT2D eigenvalue weighted by molar-refractivity contribution is 5.80. The van der Waals surface area contributed by atoms with Crippen LogP contribution in [0.1, 0.15) is 25.8 Å². The van der Waals surface area contributed by atoms with Crippen LogP contribution in [0.2, 0.25) is 0 Å².